The molecule has 0 bridgehead atoms. The Bertz CT molecular complexity index is 433. The first-order valence-corrected chi connectivity index (χ1v) is 7.70. The molecule has 1 amide bonds. The highest BCUT2D eigenvalue weighted by Gasteiger charge is 2.22. The molecule has 0 radical (unpaired) electrons. The zero-order valence-electron chi connectivity index (χ0n) is 11.5. The summed E-state index contributed by atoms with van der Waals surface area (Å²) in [4.78, 5) is 12.3. The number of rotatable bonds is 3. The summed E-state index contributed by atoms with van der Waals surface area (Å²) in [6.45, 7) is 2.24. The van der Waals surface area contributed by atoms with E-state index in [0.29, 0.717) is 17.8 Å². The Balaban J connectivity index is 2.02. The second kappa shape index (κ2) is 6.95. The van der Waals surface area contributed by atoms with Gasteiger partial charge in [0.15, 0.2) is 0 Å². The van der Waals surface area contributed by atoms with E-state index in [9.17, 15) is 4.79 Å². The van der Waals surface area contributed by atoms with Crippen LogP contribution < -0.4 is 5.32 Å². The van der Waals surface area contributed by atoms with Crippen LogP contribution in [0.1, 0.15) is 54.9 Å². The number of amides is 1. The zero-order valence-corrected chi connectivity index (χ0v) is 12.2. The minimum Gasteiger partial charge on any atom is -0.349 e. The van der Waals surface area contributed by atoms with Crippen molar-refractivity contribution in [2.75, 3.05) is 0 Å². The molecule has 1 aliphatic carbocycles. The Morgan fingerprint density at radius 3 is 2.89 bits per heavy atom. The van der Waals surface area contributed by atoms with Gasteiger partial charge in [-0.15, -0.1) is 11.6 Å². The van der Waals surface area contributed by atoms with Gasteiger partial charge in [-0.1, -0.05) is 38.3 Å². The largest absolute Gasteiger partial charge is 0.349 e. The zero-order chi connectivity index (χ0) is 13.7. The van der Waals surface area contributed by atoms with Crippen LogP contribution in [0.15, 0.2) is 24.3 Å². The predicted molar refractivity (Wildman–Crippen MR) is 79.5 cm³/mol. The van der Waals surface area contributed by atoms with E-state index in [1.54, 1.807) is 0 Å². The summed E-state index contributed by atoms with van der Waals surface area (Å²) >= 11 is 5.81. The fourth-order valence-electron chi connectivity index (χ4n) is 2.75. The molecule has 0 saturated heterocycles. The molecule has 1 N–H and O–H groups in total. The molecule has 1 aromatic rings. The van der Waals surface area contributed by atoms with Gasteiger partial charge < -0.3 is 5.32 Å². The van der Waals surface area contributed by atoms with Crippen molar-refractivity contribution in [3.63, 3.8) is 0 Å². The van der Waals surface area contributed by atoms with Gasteiger partial charge in [-0.2, -0.15) is 0 Å². The first-order valence-electron chi connectivity index (χ1n) is 7.16. The number of nitrogens with one attached hydrogen (secondary N) is 1. The standard InChI is InChI=1S/C16H22ClNO/c1-12-6-3-2-4-9-15(12)18-16(19)14-8-5-7-13(10-14)11-17/h5,7-8,10,12,15H,2-4,6,9,11H2,1H3,(H,18,19). The molecule has 0 spiro atoms. The van der Waals surface area contributed by atoms with Crippen LogP contribution in [0.25, 0.3) is 0 Å². The number of alkyl halides is 1. The molecule has 2 atom stereocenters. The lowest BCUT2D eigenvalue weighted by molar-refractivity contribution is 0.0921. The molecule has 3 heteroatoms. The maximum absolute atomic E-state index is 12.3. The van der Waals surface area contributed by atoms with Crippen molar-refractivity contribution < 1.29 is 4.79 Å². The fraction of sp³-hybridized carbons (Fsp3) is 0.562. The van der Waals surface area contributed by atoms with Gasteiger partial charge in [0.25, 0.3) is 5.91 Å². The summed E-state index contributed by atoms with van der Waals surface area (Å²) < 4.78 is 0. The highest BCUT2D eigenvalue weighted by Crippen LogP contribution is 2.23. The molecular weight excluding hydrogens is 258 g/mol. The van der Waals surface area contributed by atoms with Crippen molar-refractivity contribution in [1.82, 2.24) is 5.32 Å². The maximum Gasteiger partial charge on any atom is 0.251 e. The van der Waals surface area contributed by atoms with Gasteiger partial charge in [-0.25, -0.2) is 0 Å². The van der Waals surface area contributed by atoms with Gasteiger partial charge in [-0.3, -0.25) is 4.79 Å². The third-order valence-corrected chi connectivity index (χ3v) is 4.33. The van der Waals surface area contributed by atoms with Gasteiger partial charge >= 0.3 is 0 Å². The third kappa shape index (κ3) is 3.97. The summed E-state index contributed by atoms with van der Waals surface area (Å²) in [6.07, 6.45) is 6.11. The Morgan fingerprint density at radius 2 is 2.11 bits per heavy atom. The monoisotopic (exact) mass is 279 g/mol. The second-order valence-electron chi connectivity index (χ2n) is 5.53. The molecule has 1 aromatic carbocycles. The number of carbonyl (C=O) groups is 1. The molecule has 19 heavy (non-hydrogen) atoms. The van der Waals surface area contributed by atoms with E-state index < -0.39 is 0 Å². The van der Waals surface area contributed by atoms with Gasteiger partial charge in [-0.05, 0) is 36.5 Å². The van der Waals surface area contributed by atoms with Crippen LogP contribution in [0, 0.1) is 5.92 Å². The lowest BCUT2D eigenvalue weighted by Crippen LogP contribution is -2.38. The number of carbonyl (C=O) groups excluding carboxylic acids is 1. The van der Waals surface area contributed by atoms with Crippen LogP contribution in [-0.2, 0) is 5.88 Å². The van der Waals surface area contributed by atoms with Crippen molar-refractivity contribution in [1.29, 1.82) is 0 Å². The van der Waals surface area contributed by atoms with Crippen LogP contribution >= 0.6 is 11.6 Å². The fourth-order valence-corrected chi connectivity index (χ4v) is 2.92. The molecule has 104 valence electrons. The first kappa shape index (κ1) is 14.4. The quantitative estimate of drug-likeness (QED) is 0.654. The van der Waals surface area contributed by atoms with Crippen LogP contribution in [0.4, 0.5) is 0 Å². The molecular formula is C16H22ClNO. The van der Waals surface area contributed by atoms with E-state index in [1.165, 1.54) is 25.7 Å². The van der Waals surface area contributed by atoms with Crippen molar-refractivity contribution in [2.45, 2.75) is 50.9 Å². The summed E-state index contributed by atoms with van der Waals surface area (Å²) in [5.41, 5.74) is 1.71. The third-order valence-electron chi connectivity index (χ3n) is 4.02. The van der Waals surface area contributed by atoms with Gasteiger partial charge in [0.2, 0.25) is 0 Å². The molecule has 2 rings (SSSR count). The van der Waals surface area contributed by atoms with Crippen LogP contribution in [0.2, 0.25) is 0 Å². The van der Waals surface area contributed by atoms with E-state index in [4.69, 9.17) is 11.6 Å². The van der Waals surface area contributed by atoms with Gasteiger partial charge in [0.1, 0.15) is 0 Å². The molecule has 1 aliphatic rings. The normalized spacial score (nSPS) is 23.7. The van der Waals surface area contributed by atoms with Crippen molar-refractivity contribution in [2.24, 2.45) is 5.92 Å². The Kier molecular flexibility index (Phi) is 5.26. The Labute approximate surface area is 120 Å². The highest BCUT2D eigenvalue weighted by atomic mass is 35.5. The van der Waals surface area contributed by atoms with E-state index in [-0.39, 0.29) is 5.91 Å². The summed E-state index contributed by atoms with van der Waals surface area (Å²) in [7, 11) is 0. The van der Waals surface area contributed by atoms with Crippen molar-refractivity contribution >= 4 is 17.5 Å². The molecule has 2 nitrogen and oxygen atoms in total. The van der Waals surface area contributed by atoms with Crippen LogP contribution in [0.3, 0.4) is 0 Å². The summed E-state index contributed by atoms with van der Waals surface area (Å²) in [6, 6.07) is 7.88. The second-order valence-corrected chi connectivity index (χ2v) is 5.80. The van der Waals surface area contributed by atoms with Gasteiger partial charge in [0.05, 0.1) is 0 Å². The minimum atomic E-state index is 0.0331. The summed E-state index contributed by atoms with van der Waals surface area (Å²) in [5.74, 6) is 1.05. The Morgan fingerprint density at radius 1 is 1.32 bits per heavy atom. The van der Waals surface area contributed by atoms with Crippen LogP contribution in [-0.4, -0.2) is 11.9 Å². The molecule has 0 aliphatic heterocycles. The smallest absolute Gasteiger partial charge is 0.251 e. The van der Waals surface area contributed by atoms with Crippen molar-refractivity contribution in [3.8, 4) is 0 Å². The number of hydrogen-bond donors (Lipinski definition) is 1. The average Bonchev–Trinajstić information content (AvgIpc) is 2.64. The SMILES string of the molecule is CC1CCCCCC1NC(=O)c1cccc(CCl)c1. The van der Waals surface area contributed by atoms with Crippen molar-refractivity contribution in [3.05, 3.63) is 35.4 Å². The first-order chi connectivity index (χ1) is 9.20. The Hall–Kier alpha value is -1.02. The van der Waals surface area contributed by atoms with Gasteiger partial charge in [0, 0.05) is 17.5 Å². The molecule has 1 saturated carbocycles. The maximum atomic E-state index is 12.3. The topological polar surface area (TPSA) is 29.1 Å². The molecule has 0 aromatic heterocycles. The number of benzene rings is 1. The predicted octanol–water partition coefficient (Wildman–Crippen LogP) is 4.12. The minimum absolute atomic E-state index is 0.0331. The van der Waals surface area contributed by atoms with E-state index in [1.807, 2.05) is 24.3 Å². The van der Waals surface area contributed by atoms with E-state index in [0.717, 1.165) is 17.5 Å². The lowest BCUT2D eigenvalue weighted by atomic mass is 9.96. The number of halogens is 1. The van der Waals surface area contributed by atoms with E-state index in [2.05, 4.69) is 12.2 Å². The van der Waals surface area contributed by atoms with E-state index >= 15 is 0 Å². The highest BCUT2D eigenvalue weighted by molar-refractivity contribution is 6.17. The molecule has 2 unspecified atom stereocenters. The van der Waals surface area contributed by atoms with Crippen LogP contribution in [0.5, 0.6) is 0 Å². The lowest BCUT2D eigenvalue weighted by Gasteiger charge is -2.22. The molecule has 1 fully saturated rings. The molecule has 0 heterocycles. The average molecular weight is 280 g/mol. The summed E-state index contributed by atoms with van der Waals surface area (Å²) in [5, 5.41) is 3.19. The number of hydrogen-bond acceptors (Lipinski definition) is 1.